The molecular weight excluding hydrogens is 364 g/mol. The fourth-order valence-electron chi connectivity index (χ4n) is 2.38. The second kappa shape index (κ2) is 7.22. The zero-order valence-corrected chi connectivity index (χ0v) is 14.6. The molecule has 7 heteroatoms. The Kier molecular flexibility index (Phi) is 6.47. The molecule has 0 saturated carbocycles. The quantitative estimate of drug-likeness (QED) is 0.872. The monoisotopic (exact) mass is 382 g/mol. The lowest BCUT2D eigenvalue weighted by atomic mass is 9.99. The third-order valence-electron chi connectivity index (χ3n) is 3.67. The number of nitrogens with zero attached hydrogens (tertiary/aromatic N) is 1. The van der Waals surface area contributed by atoms with E-state index in [1.807, 2.05) is 19.1 Å². The van der Waals surface area contributed by atoms with Gasteiger partial charge in [0.15, 0.2) is 0 Å². The summed E-state index contributed by atoms with van der Waals surface area (Å²) in [6, 6.07) is 5.36. The molecule has 1 aromatic rings. The van der Waals surface area contributed by atoms with Crippen molar-refractivity contribution >= 4 is 38.4 Å². The maximum absolute atomic E-state index is 12.6. The summed E-state index contributed by atoms with van der Waals surface area (Å²) in [5.41, 5.74) is 6.42. The van der Waals surface area contributed by atoms with Crippen LogP contribution in [0.3, 0.4) is 0 Å². The van der Waals surface area contributed by atoms with E-state index in [0.29, 0.717) is 30.4 Å². The van der Waals surface area contributed by atoms with Crippen LogP contribution in [-0.2, 0) is 10.0 Å². The lowest BCUT2D eigenvalue weighted by Crippen LogP contribution is -2.40. The van der Waals surface area contributed by atoms with Crippen molar-refractivity contribution in [2.45, 2.75) is 24.7 Å². The van der Waals surface area contributed by atoms with Gasteiger partial charge >= 0.3 is 0 Å². The number of nitrogens with two attached hydrogens (primary N) is 1. The lowest BCUT2D eigenvalue weighted by Gasteiger charge is -2.31. The van der Waals surface area contributed by atoms with Crippen molar-refractivity contribution < 1.29 is 8.42 Å². The highest BCUT2D eigenvalue weighted by Crippen LogP contribution is 2.27. The third-order valence-corrected chi connectivity index (χ3v) is 6.21. The minimum absolute atomic E-state index is 0. The molecule has 0 aromatic heterocycles. The zero-order chi connectivity index (χ0) is 14.0. The van der Waals surface area contributed by atoms with Crippen LogP contribution in [0.4, 0.5) is 0 Å². The average molecular weight is 384 g/mol. The Morgan fingerprint density at radius 3 is 2.50 bits per heavy atom. The molecule has 20 heavy (non-hydrogen) atoms. The Bertz CT molecular complexity index is 557. The van der Waals surface area contributed by atoms with Gasteiger partial charge in [-0.2, -0.15) is 4.31 Å². The number of hydrogen-bond donors (Lipinski definition) is 1. The normalized spacial score (nSPS) is 17.8. The van der Waals surface area contributed by atoms with E-state index in [9.17, 15) is 8.42 Å². The van der Waals surface area contributed by atoms with Crippen molar-refractivity contribution in [2.24, 2.45) is 11.7 Å². The Balaban J connectivity index is 0.00000200. The molecule has 0 spiro atoms. The summed E-state index contributed by atoms with van der Waals surface area (Å²) < 4.78 is 27.6. The summed E-state index contributed by atoms with van der Waals surface area (Å²) >= 11 is 3.33. The molecule has 2 N–H and O–H groups in total. The van der Waals surface area contributed by atoms with Gasteiger partial charge in [-0.1, -0.05) is 22.0 Å². The van der Waals surface area contributed by atoms with Gasteiger partial charge in [-0.25, -0.2) is 8.42 Å². The number of halogens is 2. The van der Waals surface area contributed by atoms with Crippen molar-refractivity contribution in [3.8, 4) is 0 Å². The summed E-state index contributed by atoms with van der Waals surface area (Å²) in [6.07, 6.45) is 1.70. The Hall–Kier alpha value is -0.140. The van der Waals surface area contributed by atoms with Gasteiger partial charge in [0.25, 0.3) is 0 Å². The zero-order valence-electron chi connectivity index (χ0n) is 11.4. The Labute approximate surface area is 135 Å². The standard InChI is InChI=1S/C13H19BrN2O2S.ClH/c1-10-2-3-12(14)8-13(10)19(17,18)16-6-4-11(9-15)5-7-16;/h2-3,8,11H,4-7,9,15H2,1H3;1H. The Morgan fingerprint density at radius 2 is 1.95 bits per heavy atom. The van der Waals surface area contributed by atoms with Crippen LogP contribution in [0.25, 0.3) is 0 Å². The molecule has 0 unspecified atom stereocenters. The predicted octanol–water partition coefficient (Wildman–Crippen LogP) is 2.54. The van der Waals surface area contributed by atoms with E-state index in [-0.39, 0.29) is 12.4 Å². The number of sulfonamides is 1. The molecule has 4 nitrogen and oxygen atoms in total. The van der Waals surface area contributed by atoms with Gasteiger partial charge in [0.05, 0.1) is 4.90 Å². The van der Waals surface area contributed by atoms with Gasteiger partial charge in [-0.3, -0.25) is 0 Å². The van der Waals surface area contributed by atoms with Crippen LogP contribution in [0.2, 0.25) is 0 Å². The first kappa shape index (κ1) is 17.9. The minimum Gasteiger partial charge on any atom is -0.330 e. The van der Waals surface area contributed by atoms with Gasteiger partial charge in [-0.15, -0.1) is 12.4 Å². The highest BCUT2D eigenvalue weighted by molar-refractivity contribution is 9.10. The van der Waals surface area contributed by atoms with E-state index in [4.69, 9.17) is 5.73 Å². The molecular formula is C13H20BrClN2O2S. The molecule has 0 bridgehead atoms. The molecule has 1 aromatic carbocycles. The maximum atomic E-state index is 12.6. The van der Waals surface area contributed by atoms with E-state index in [1.165, 1.54) is 0 Å². The molecule has 1 heterocycles. The first-order valence-corrected chi connectivity index (χ1v) is 8.65. The second-order valence-corrected chi connectivity index (χ2v) is 7.82. The Morgan fingerprint density at radius 1 is 1.35 bits per heavy atom. The van der Waals surface area contributed by atoms with Crippen LogP contribution in [0.15, 0.2) is 27.6 Å². The first-order valence-electron chi connectivity index (χ1n) is 6.41. The van der Waals surface area contributed by atoms with E-state index in [1.54, 1.807) is 10.4 Å². The van der Waals surface area contributed by atoms with Crippen molar-refractivity contribution in [3.05, 3.63) is 28.2 Å². The topological polar surface area (TPSA) is 63.4 Å². The number of benzene rings is 1. The van der Waals surface area contributed by atoms with Gasteiger partial charge in [0.2, 0.25) is 10.0 Å². The van der Waals surface area contributed by atoms with E-state index in [2.05, 4.69) is 15.9 Å². The third kappa shape index (κ3) is 3.74. The van der Waals surface area contributed by atoms with Crippen LogP contribution in [-0.4, -0.2) is 32.4 Å². The molecule has 1 fully saturated rings. The van der Waals surface area contributed by atoms with Crippen LogP contribution in [0.5, 0.6) is 0 Å². The van der Waals surface area contributed by atoms with Crippen molar-refractivity contribution in [3.63, 3.8) is 0 Å². The summed E-state index contributed by atoms with van der Waals surface area (Å²) in [6.45, 7) is 3.60. The molecule has 0 radical (unpaired) electrons. The van der Waals surface area contributed by atoms with Crippen LogP contribution in [0, 0.1) is 12.8 Å². The molecule has 1 aliphatic rings. The van der Waals surface area contributed by atoms with Gasteiger partial charge < -0.3 is 5.73 Å². The lowest BCUT2D eigenvalue weighted by molar-refractivity contribution is 0.278. The summed E-state index contributed by atoms with van der Waals surface area (Å²) in [7, 11) is -3.38. The first-order chi connectivity index (χ1) is 8.95. The van der Waals surface area contributed by atoms with Gasteiger partial charge in [-0.05, 0) is 49.9 Å². The maximum Gasteiger partial charge on any atom is 0.243 e. The SMILES string of the molecule is Cc1ccc(Br)cc1S(=O)(=O)N1CCC(CN)CC1.Cl. The molecule has 0 aliphatic carbocycles. The van der Waals surface area contributed by atoms with E-state index >= 15 is 0 Å². The van der Waals surface area contributed by atoms with E-state index < -0.39 is 10.0 Å². The number of aryl methyl sites for hydroxylation is 1. The fraction of sp³-hybridized carbons (Fsp3) is 0.538. The highest BCUT2D eigenvalue weighted by atomic mass is 79.9. The van der Waals surface area contributed by atoms with Crippen molar-refractivity contribution in [1.82, 2.24) is 4.31 Å². The average Bonchev–Trinajstić information content (AvgIpc) is 2.41. The van der Waals surface area contributed by atoms with E-state index in [0.717, 1.165) is 22.9 Å². The van der Waals surface area contributed by atoms with Gasteiger partial charge in [0.1, 0.15) is 0 Å². The van der Waals surface area contributed by atoms with Crippen molar-refractivity contribution in [2.75, 3.05) is 19.6 Å². The molecule has 0 amide bonds. The molecule has 114 valence electrons. The fourth-order valence-corrected chi connectivity index (χ4v) is 4.61. The number of piperidine rings is 1. The van der Waals surface area contributed by atoms with Crippen LogP contribution < -0.4 is 5.73 Å². The summed E-state index contributed by atoms with van der Waals surface area (Å²) in [5.74, 6) is 0.454. The van der Waals surface area contributed by atoms with Crippen molar-refractivity contribution in [1.29, 1.82) is 0 Å². The number of hydrogen-bond acceptors (Lipinski definition) is 3. The largest absolute Gasteiger partial charge is 0.330 e. The second-order valence-electron chi connectivity index (χ2n) is 4.99. The van der Waals surface area contributed by atoms with Crippen LogP contribution in [0.1, 0.15) is 18.4 Å². The molecule has 0 atom stereocenters. The smallest absolute Gasteiger partial charge is 0.243 e. The summed E-state index contributed by atoms with van der Waals surface area (Å²) in [4.78, 5) is 0.396. The predicted molar refractivity (Wildman–Crippen MR) is 86.7 cm³/mol. The molecule has 2 rings (SSSR count). The van der Waals surface area contributed by atoms with Gasteiger partial charge in [0, 0.05) is 17.6 Å². The van der Waals surface area contributed by atoms with Crippen LogP contribution >= 0.6 is 28.3 Å². The molecule has 1 saturated heterocycles. The highest BCUT2D eigenvalue weighted by Gasteiger charge is 2.29. The minimum atomic E-state index is -3.38. The summed E-state index contributed by atoms with van der Waals surface area (Å²) in [5, 5.41) is 0. The number of rotatable bonds is 3. The molecule has 1 aliphatic heterocycles.